The number of benzene rings is 2. The monoisotopic (exact) mass is 702 g/mol. The number of aliphatic hydroxyl groups excluding tert-OH is 1. The molecule has 6 rings (SSSR count). The molecule has 0 bridgehead atoms. The zero-order valence-electron chi connectivity index (χ0n) is 20.7. The van der Waals surface area contributed by atoms with Crippen molar-refractivity contribution < 1.29 is 38.8 Å². The number of ketones is 1. The first-order chi connectivity index (χ1) is 17.8. The Morgan fingerprint density at radius 3 is 2.47 bits per heavy atom. The van der Waals surface area contributed by atoms with Crippen molar-refractivity contribution in [3.8, 4) is 21.7 Å². The fraction of sp³-hybridized carbons (Fsp3) is 0.100. The average Bonchev–Trinajstić information content (AvgIpc) is 3.44. The molecule has 0 amide bonds. The number of thiophene rings is 1. The largest absolute Gasteiger partial charge is 0.512 e. The van der Waals surface area contributed by atoms with Gasteiger partial charge >= 0.3 is 0 Å². The number of aliphatic hydroxyl groups is 1. The van der Waals surface area contributed by atoms with Gasteiger partial charge < -0.3 is 9.52 Å². The smallest absolute Gasteiger partial charge is 0.216 e. The number of furan rings is 1. The van der Waals surface area contributed by atoms with E-state index in [1.165, 1.54) is 32.1 Å². The second kappa shape index (κ2) is 11.4. The Kier molecular flexibility index (Phi) is 8.17. The quantitative estimate of drug-likeness (QED) is 0.114. The summed E-state index contributed by atoms with van der Waals surface area (Å²) in [7, 11) is 0. The van der Waals surface area contributed by atoms with Crippen LogP contribution in [0.15, 0.2) is 83.0 Å². The SMILES string of the molecule is CC(=O)/C=C(/C)O.Cc1ccc2c(n1)oc1c(-c3ccc4cc(-c5ccc(F)cc5)sc4n3)[c-]ccc12.[Ir]. The number of halogens is 1. The third-order valence-corrected chi connectivity index (χ3v) is 6.71. The van der Waals surface area contributed by atoms with Gasteiger partial charge in [0.1, 0.15) is 10.6 Å². The fourth-order valence-corrected chi connectivity index (χ4v) is 5.05. The van der Waals surface area contributed by atoms with Gasteiger partial charge in [-0.3, -0.25) is 9.78 Å². The maximum absolute atomic E-state index is 13.2. The summed E-state index contributed by atoms with van der Waals surface area (Å²) in [6, 6.07) is 23.9. The molecule has 0 saturated heterocycles. The van der Waals surface area contributed by atoms with Crippen molar-refractivity contribution in [2.24, 2.45) is 0 Å². The molecule has 4 aromatic heterocycles. The molecule has 1 N–H and O–H groups in total. The molecule has 8 heteroatoms. The van der Waals surface area contributed by atoms with E-state index in [0.717, 1.165) is 54.0 Å². The van der Waals surface area contributed by atoms with Gasteiger partial charge in [0.05, 0.1) is 11.3 Å². The number of pyridine rings is 2. The van der Waals surface area contributed by atoms with Crippen LogP contribution in [0, 0.1) is 18.8 Å². The van der Waals surface area contributed by atoms with E-state index in [2.05, 4.69) is 23.2 Å². The van der Waals surface area contributed by atoms with Crippen molar-refractivity contribution in [3.63, 3.8) is 0 Å². The molecule has 0 fully saturated rings. The summed E-state index contributed by atoms with van der Waals surface area (Å²) < 4.78 is 19.4. The molecule has 38 heavy (non-hydrogen) atoms. The van der Waals surface area contributed by atoms with E-state index in [1.54, 1.807) is 23.5 Å². The number of rotatable bonds is 3. The minimum atomic E-state index is -0.237. The molecule has 0 aliphatic carbocycles. The Labute approximate surface area is 236 Å². The number of carbonyl (C=O) groups is 1. The Hall–Kier alpha value is -3.71. The van der Waals surface area contributed by atoms with E-state index in [1.807, 2.05) is 37.3 Å². The standard InChI is InChI=1S/C25H14FN2OS.C5H8O2.Ir/c1-14-5-11-19-18-3-2-4-20(23(18)29-24(19)27-14)21-12-8-16-13-22(30-25(16)28-21)15-6-9-17(26)10-7-15;1-4(6)3-5(2)7;/h2-3,5-13H,1H3;3,6H,1-2H3;/q-1;;/b;4-3-;. The number of aromatic nitrogens is 2. The zero-order chi connectivity index (χ0) is 26.1. The topological polar surface area (TPSA) is 76.2 Å². The third kappa shape index (κ3) is 5.73. The minimum absolute atomic E-state index is 0. The molecule has 6 aromatic rings. The first kappa shape index (κ1) is 27.3. The summed E-state index contributed by atoms with van der Waals surface area (Å²) in [6.45, 7) is 4.80. The number of aryl methyl sites for hydroxylation is 1. The van der Waals surface area contributed by atoms with Crippen molar-refractivity contribution in [3.05, 3.63) is 96.1 Å². The van der Waals surface area contributed by atoms with Crippen molar-refractivity contribution in [2.45, 2.75) is 20.8 Å². The number of allylic oxidation sites excluding steroid dienone is 2. The molecule has 1 radical (unpaired) electrons. The molecule has 0 aliphatic heterocycles. The molecular weight excluding hydrogens is 680 g/mol. The molecular formula is C30H22FIrN2O3S-. The maximum atomic E-state index is 13.2. The molecule has 4 heterocycles. The van der Waals surface area contributed by atoms with Crippen LogP contribution < -0.4 is 0 Å². The normalized spacial score (nSPS) is 11.3. The first-order valence-corrected chi connectivity index (χ1v) is 12.4. The molecule has 0 aliphatic rings. The molecule has 2 aromatic carbocycles. The first-order valence-electron chi connectivity index (χ1n) is 11.5. The van der Waals surface area contributed by atoms with E-state index in [4.69, 9.17) is 14.5 Å². The van der Waals surface area contributed by atoms with E-state index < -0.39 is 0 Å². The number of hydrogen-bond donors (Lipinski definition) is 1. The van der Waals surface area contributed by atoms with E-state index >= 15 is 0 Å². The number of carbonyl (C=O) groups excluding carboxylic acids is 1. The van der Waals surface area contributed by atoms with Gasteiger partial charge in [-0.15, -0.1) is 29.5 Å². The van der Waals surface area contributed by atoms with Gasteiger partial charge in [-0.05, 0) is 62.4 Å². The summed E-state index contributed by atoms with van der Waals surface area (Å²) in [6.07, 6.45) is 1.17. The third-order valence-electron chi connectivity index (χ3n) is 5.62. The average molecular weight is 702 g/mol. The van der Waals surface area contributed by atoms with Gasteiger partial charge in [0, 0.05) is 47.5 Å². The van der Waals surface area contributed by atoms with Crippen LogP contribution in [-0.4, -0.2) is 20.9 Å². The molecule has 0 spiro atoms. The molecule has 0 atom stereocenters. The predicted octanol–water partition coefficient (Wildman–Crippen LogP) is 8.21. The second-order valence-electron chi connectivity index (χ2n) is 8.61. The Bertz CT molecular complexity index is 1800. The van der Waals surface area contributed by atoms with Crippen molar-refractivity contribution in [1.29, 1.82) is 0 Å². The van der Waals surface area contributed by atoms with Crippen molar-refractivity contribution in [1.82, 2.24) is 9.97 Å². The Morgan fingerprint density at radius 2 is 1.79 bits per heavy atom. The summed E-state index contributed by atoms with van der Waals surface area (Å²) in [5.74, 6) is -0.299. The molecule has 0 unspecified atom stereocenters. The van der Waals surface area contributed by atoms with Crippen molar-refractivity contribution >= 4 is 49.4 Å². The summed E-state index contributed by atoms with van der Waals surface area (Å²) >= 11 is 1.59. The predicted molar refractivity (Wildman–Crippen MR) is 146 cm³/mol. The minimum Gasteiger partial charge on any atom is -0.512 e. The second-order valence-corrected chi connectivity index (χ2v) is 9.64. The van der Waals surface area contributed by atoms with Crippen LogP contribution in [0.5, 0.6) is 0 Å². The number of fused-ring (bicyclic) bond motifs is 4. The van der Waals surface area contributed by atoms with Crippen molar-refractivity contribution in [2.75, 3.05) is 0 Å². The zero-order valence-corrected chi connectivity index (χ0v) is 23.9. The summed E-state index contributed by atoms with van der Waals surface area (Å²) in [4.78, 5) is 21.4. The van der Waals surface area contributed by atoms with Gasteiger partial charge in [0.2, 0.25) is 5.71 Å². The van der Waals surface area contributed by atoms with E-state index in [9.17, 15) is 9.18 Å². The summed E-state index contributed by atoms with van der Waals surface area (Å²) in [5.41, 5.74) is 4.89. The van der Waals surface area contributed by atoms with Gasteiger partial charge in [-0.2, -0.15) is 0 Å². The molecule has 5 nitrogen and oxygen atoms in total. The number of nitrogens with zero attached hydrogens (tertiary/aromatic N) is 2. The van der Waals surface area contributed by atoms with Crippen LogP contribution in [-0.2, 0) is 24.9 Å². The van der Waals surface area contributed by atoms with Crippen LogP contribution in [0.2, 0.25) is 0 Å². The van der Waals surface area contributed by atoms with E-state index in [0.29, 0.717) is 5.71 Å². The van der Waals surface area contributed by atoms with Crippen LogP contribution in [0.1, 0.15) is 19.5 Å². The molecule has 193 valence electrons. The van der Waals surface area contributed by atoms with Gasteiger partial charge in [0.25, 0.3) is 0 Å². The van der Waals surface area contributed by atoms with Crippen LogP contribution >= 0.6 is 11.3 Å². The molecule has 0 saturated carbocycles. The fourth-order valence-electron chi connectivity index (χ4n) is 4.01. The van der Waals surface area contributed by atoms with Crippen LogP contribution in [0.4, 0.5) is 4.39 Å². The van der Waals surface area contributed by atoms with Gasteiger partial charge in [-0.1, -0.05) is 35.2 Å². The maximum Gasteiger partial charge on any atom is 0.216 e. The van der Waals surface area contributed by atoms with Gasteiger partial charge in [0.15, 0.2) is 5.78 Å². The van der Waals surface area contributed by atoms with Crippen LogP contribution in [0.25, 0.3) is 54.0 Å². The Balaban J connectivity index is 0.000000375. The number of hydrogen-bond acceptors (Lipinski definition) is 6. The Morgan fingerprint density at radius 1 is 1.03 bits per heavy atom. The van der Waals surface area contributed by atoms with E-state index in [-0.39, 0.29) is 37.5 Å². The summed E-state index contributed by atoms with van der Waals surface area (Å²) in [5, 5.41) is 11.4. The van der Waals surface area contributed by atoms with Gasteiger partial charge in [-0.25, -0.2) is 9.37 Å². The van der Waals surface area contributed by atoms with Crippen LogP contribution in [0.3, 0.4) is 0 Å².